The summed E-state index contributed by atoms with van der Waals surface area (Å²) in [4.78, 5) is 0. The lowest BCUT2D eigenvalue weighted by atomic mass is 9.94. The van der Waals surface area contributed by atoms with Gasteiger partial charge in [-0.25, -0.2) is 0 Å². The first-order valence-electron chi connectivity index (χ1n) is 5.31. The van der Waals surface area contributed by atoms with Gasteiger partial charge in [0.05, 0.1) is 5.69 Å². The average Bonchev–Trinajstić information content (AvgIpc) is 2.42. The third-order valence-corrected chi connectivity index (χ3v) is 2.81. The maximum atomic E-state index is 6.00. The molecule has 0 aliphatic carbocycles. The normalized spacial score (nSPS) is 13.6. The highest BCUT2D eigenvalue weighted by Gasteiger charge is 2.19. The number of aryl methyl sites for hydroxylation is 1. The first-order chi connectivity index (χ1) is 6.49. The van der Waals surface area contributed by atoms with Crippen molar-refractivity contribution in [2.45, 2.75) is 46.0 Å². The second-order valence-electron chi connectivity index (χ2n) is 4.27. The summed E-state index contributed by atoms with van der Waals surface area (Å²) in [5.41, 5.74) is 8.39. The molecule has 0 saturated carbocycles. The van der Waals surface area contributed by atoms with Crippen LogP contribution in [0.4, 0.5) is 5.82 Å². The standard InChI is InChI=1S/C11H21N3/c1-6-8(4)10-9(7(2)3)11(12)14(5)13-10/h7-8H,6,12H2,1-5H3. The van der Waals surface area contributed by atoms with E-state index >= 15 is 0 Å². The molecule has 0 aliphatic heterocycles. The molecule has 0 radical (unpaired) electrons. The van der Waals surface area contributed by atoms with Crippen molar-refractivity contribution in [2.75, 3.05) is 5.73 Å². The molecule has 1 heterocycles. The molecule has 1 aromatic heterocycles. The van der Waals surface area contributed by atoms with E-state index in [4.69, 9.17) is 5.73 Å². The minimum Gasteiger partial charge on any atom is -0.384 e. The van der Waals surface area contributed by atoms with Crippen molar-refractivity contribution in [1.82, 2.24) is 9.78 Å². The molecule has 3 nitrogen and oxygen atoms in total. The summed E-state index contributed by atoms with van der Waals surface area (Å²) in [6, 6.07) is 0. The molecule has 0 fully saturated rings. The Bertz CT molecular complexity index is 313. The predicted molar refractivity (Wildman–Crippen MR) is 60.4 cm³/mol. The molecule has 1 rings (SSSR count). The minimum atomic E-state index is 0.452. The molecule has 0 aliphatic rings. The van der Waals surface area contributed by atoms with Crippen LogP contribution in [0.25, 0.3) is 0 Å². The predicted octanol–water partition coefficient (Wildman–Crippen LogP) is 2.64. The first-order valence-corrected chi connectivity index (χ1v) is 5.31. The molecular formula is C11H21N3. The lowest BCUT2D eigenvalue weighted by Gasteiger charge is -2.11. The van der Waals surface area contributed by atoms with Gasteiger partial charge < -0.3 is 5.73 Å². The Morgan fingerprint density at radius 2 is 1.93 bits per heavy atom. The maximum absolute atomic E-state index is 6.00. The largest absolute Gasteiger partial charge is 0.384 e. The van der Waals surface area contributed by atoms with Crippen molar-refractivity contribution in [3.63, 3.8) is 0 Å². The van der Waals surface area contributed by atoms with Crippen LogP contribution in [0, 0.1) is 0 Å². The highest BCUT2D eigenvalue weighted by molar-refractivity contribution is 5.46. The Balaban J connectivity index is 3.22. The highest BCUT2D eigenvalue weighted by Crippen LogP contribution is 2.31. The van der Waals surface area contributed by atoms with Gasteiger partial charge >= 0.3 is 0 Å². The molecule has 1 unspecified atom stereocenters. The van der Waals surface area contributed by atoms with Gasteiger partial charge in [-0.1, -0.05) is 27.7 Å². The zero-order valence-electron chi connectivity index (χ0n) is 9.83. The zero-order chi connectivity index (χ0) is 10.9. The van der Waals surface area contributed by atoms with Gasteiger partial charge in [-0.3, -0.25) is 4.68 Å². The molecule has 1 atom stereocenters. The van der Waals surface area contributed by atoms with Crippen molar-refractivity contribution in [3.8, 4) is 0 Å². The second-order valence-corrected chi connectivity index (χ2v) is 4.27. The Morgan fingerprint density at radius 3 is 2.36 bits per heavy atom. The van der Waals surface area contributed by atoms with Crippen LogP contribution >= 0.6 is 0 Å². The number of hydrogen-bond acceptors (Lipinski definition) is 2. The van der Waals surface area contributed by atoms with Gasteiger partial charge in [0.1, 0.15) is 5.82 Å². The van der Waals surface area contributed by atoms with Gasteiger partial charge in [-0.15, -0.1) is 0 Å². The van der Waals surface area contributed by atoms with Crippen LogP contribution in [0.2, 0.25) is 0 Å². The third kappa shape index (κ3) is 1.76. The summed E-state index contributed by atoms with van der Waals surface area (Å²) in [7, 11) is 1.91. The SMILES string of the molecule is CCC(C)c1nn(C)c(N)c1C(C)C. The van der Waals surface area contributed by atoms with Crippen LogP contribution in [-0.4, -0.2) is 9.78 Å². The Kier molecular flexibility index (Phi) is 3.19. The van der Waals surface area contributed by atoms with Crippen molar-refractivity contribution in [3.05, 3.63) is 11.3 Å². The maximum Gasteiger partial charge on any atom is 0.125 e. The molecule has 3 heteroatoms. The van der Waals surface area contributed by atoms with Crippen molar-refractivity contribution in [2.24, 2.45) is 7.05 Å². The van der Waals surface area contributed by atoms with E-state index in [1.165, 1.54) is 11.3 Å². The van der Waals surface area contributed by atoms with Crippen LogP contribution in [0.5, 0.6) is 0 Å². The molecule has 0 amide bonds. The van der Waals surface area contributed by atoms with Crippen LogP contribution in [0.3, 0.4) is 0 Å². The number of nitrogens with two attached hydrogens (primary N) is 1. The van der Waals surface area contributed by atoms with Gasteiger partial charge in [0.2, 0.25) is 0 Å². The van der Waals surface area contributed by atoms with Gasteiger partial charge in [0.25, 0.3) is 0 Å². The third-order valence-electron chi connectivity index (χ3n) is 2.81. The molecule has 0 saturated heterocycles. The van der Waals surface area contributed by atoms with E-state index in [1.54, 1.807) is 4.68 Å². The number of aromatic nitrogens is 2. The fourth-order valence-corrected chi connectivity index (χ4v) is 1.72. The van der Waals surface area contributed by atoms with E-state index in [0.29, 0.717) is 11.8 Å². The van der Waals surface area contributed by atoms with Crippen molar-refractivity contribution in [1.29, 1.82) is 0 Å². The Labute approximate surface area is 86.3 Å². The molecule has 1 aromatic rings. The van der Waals surface area contributed by atoms with E-state index in [-0.39, 0.29) is 0 Å². The Morgan fingerprint density at radius 1 is 1.36 bits per heavy atom. The fraction of sp³-hybridized carbons (Fsp3) is 0.727. The highest BCUT2D eigenvalue weighted by atomic mass is 15.3. The Hall–Kier alpha value is -0.990. The van der Waals surface area contributed by atoms with Gasteiger partial charge in [-0.05, 0) is 12.3 Å². The van der Waals surface area contributed by atoms with Gasteiger partial charge in [0, 0.05) is 18.5 Å². The molecule has 14 heavy (non-hydrogen) atoms. The number of rotatable bonds is 3. The summed E-state index contributed by atoms with van der Waals surface area (Å²) in [6.07, 6.45) is 1.11. The summed E-state index contributed by atoms with van der Waals surface area (Å²) < 4.78 is 1.79. The summed E-state index contributed by atoms with van der Waals surface area (Å²) >= 11 is 0. The summed E-state index contributed by atoms with van der Waals surface area (Å²) in [5, 5.41) is 4.49. The second kappa shape index (κ2) is 4.03. The van der Waals surface area contributed by atoms with Crippen molar-refractivity contribution < 1.29 is 0 Å². The summed E-state index contributed by atoms with van der Waals surface area (Å²) in [6.45, 7) is 8.71. The lowest BCUT2D eigenvalue weighted by molar-refractivity contribution is 0.659. The topological polar surface area (TPSA) is 43.8 Å². The molecule has 2 N–H and O–H groups in total. The monoisotopic (exact) mass is 195 g/mol. The molecule has 0 aromatic carbocycles. The average molecular weight is 195 g/mol. The fourth-order valence-electron chi connectivity index (χ4n) is 1.72. The van der Waals surface area contributed by atoms with E-state index in [1.807, 2.05) is 7.05 Å². The minimum absolute atomic E-state index is 0.452. The van der Waals surface area contributed by atoms with Gasteiger partial charge in [0.15, 0.2) is 0 Å². The van der Waals surface area contributed by atoms with Crippen molar-refractivity contribution >= 4 is 5.82 Å². The number of nitrogens with zero attached hydrogens (tertiary/aromatic N) is 2. The zero-order valence-corrected chi connectivity index (χ0v) is 9.83. The van der Waals surface area contributed by atoms with E-state index in [0.717, 1.165) is 12.2 Å². The van der Waals surface area contributed by atoms with Crippen LogP contribution < -0.4 is 5.73 Å². The van der Waals surface area contributed by atoms with Crippen LogP contribution in [0.15, 0.2) is 0 Å². The summed E-state index contributed by atoms with van der Waals surface area (Å²) in [5.74, 6) is 1.76. The number of anilines is 1. The number of hydrogen-bond donors (Lipinski definition) is 1. The van der Waals surface area contributed by atoms with Crippen LogP contribution in [-0.2, 0) is 7.05 Å². The molecule has 0 spiro atoms. The quantitative estimate of drug-likeness (QED) is 0.805. The molecular weight excluding hydrogens is 174 g/mol. The molecule has 0 bridgehead atoms. The van der Waals surface area contributed by atoms with Gasteiger partial charge in [-0.2, -0.15) is 5.10 Å². The smallest absolute Gasteiger partial charge is 0.125 e. The molecule has 80 valence electrons. The van der Waals surface area contributed by atoms with Crippen LogP contribution in [0.1, 0.15) is 57.2 Å². The van der Waals surface area contributed by atoms with E-state index in [9.17, 15) is 0 Å². The van der Waals surface area contributed by atoms with E-state index in [2.05, 4.69) is 32.8 Å². The van der Waals surface area contributed by atoms with E-state index < -0.39 is 0 Å². The number of nitrogen functional groups attached to an aromatic ring is 1. The first kappa shape index (κ1) is 11.1. The lowest BCUT2D eigenvalue weighted by Crippen LogP contribution is -2.01.